The van der Waals surface area contributed by atoms with Gasteiger partial charge in [-0.15, -0.1) is 11.3 Å². The number of nitrogens with zero attached hydrogens (tertiary/aromatic N) is 2. The second-order valence-corrected chi connectivity index (χ2v) is 6.72. The van der Waals surface area contributed by atoms with Crippen LogP contribution in [0.15, 0.2) is 48.7 Å². The molecule has 3 rings (SSSR count). The van der Waals surface area contributed by atoms with Gasteiger partial charge in [-0.05, 0) is 37.6 Å². The fourth-order valence-electron chi connectivity index (χ4n) is 2.43. The van der Waals surface area contributed by atoms with E-state index in [1.54, 1.807) is 17.5 Å². The molecule has 4 nitrogen and oxygen atoms in total. The van der Waals surface area contributed by atoms with Gasteiger partial charge in [0.15, 0.2) is 0 Å². The predicted octanol–water partition coefficient (Wildman–Crippen LogP) is 4.92. The minimum absolute atomic E-state index is 0.0486. The van der Waals surface area contributed by atoms with Gasteiger partial charge in [0.2, 0.25) is 5.91 Å². The number of rotatable bonds is 5. The van der Waals surface area contributed by atoms with E-state index in [0.29, 0.717) is 6.42 Å². The Morgan fingerprint density at radius 3 is 2.62 bits per heavy atom. The molecule has 0 saturated heterocycles. The minimum Gasteiger partial charge on any atom is -0.326 e. The zero-order valence-corrected chi connectivity index (χ0v) is 14.6. The van der Waals surface area contributed by atoms with Crippen LogP contribution in [0.3, 0.4) is 0 Å². The molecule has 5 heteroatoms. The predicted molar refractivity (Wildman–Crippen MR) is 99.1 cm³/mol. The number of nitrogens with one attached hydrogen (secondary N) is 1. The van der Waals surface area contributed by atoms with E-state index in [0.717, 1.165) is 38.9 Å². The van der Waals surface area contributed by atoms with Gasteiger partial charge in [0, 0.05) is 28.7 Å². The van der Waals surface area contributed by atoms with E-state index in [9.17, 15) is 4.79 Å². The third-order valence-corrected chi connectivity index (χ3v) is 4.59. The highest BCUT2D eigenvalue weighted by Gasteiger charge is 2.12. The summed E-state index contributed by atoms with van der Waals surface area (Å²) in [5.74, 6) is 0.0486. The second-order valence-electron chi connectivity index (χ2n) is 5.51. The summed E-state index contributed by atoms with van der Waals surface area (Å²) in [4.78, 5) is 21.9. The van der Waals surface area contributed by atoms with Crippen LogP contribution in [-0.2, 0) is 4.79 Å². The van der Waals surface area contributed by atoms with Crippen molar-refractivity contribution < 1.29 is 4.79 Å². The number of hydrogen-bond acceptors (Lipinski definition) is 4. The number of benzene rings is 1. The van der Waals surface area contributed by atoms with E-state index in [1.165, 1.54) is 0 Å². The van der Waals surface area contributed by atoms with Gasteiger partial charge in [-0.1, -0.05) is 25.1 Å². The molecule has 122 valence electrons. The summed E-state index contributed by atoms with van der Waals surface area (Å²) in [5.41, 5.74) is 3.71. The summed E-state index contributed by atoms with van der Waals surface area (Å²) in [6.45, 7) is 4.06. The van der Waals surface area contributed by atoms with Crippen LogP contribution in [0.5, 0.6) is 0 Å². The van der Waals surface area contributed by atoms with Gasteiger partial charge in [-0.3, -0.25) is 9.78 Å². The van der Waals surface area contributed by atoms with Crippen LogP contribution >= 0.6 is 11.3 Å². The van der Waals surface area contributed by atoms with E-state index in [1.807, 2.05) is 49.4 Å². The Kier molecular flexibility index (Phi) is 5.01. The van der Waals surface area contributed by atoms with Gasteiger partial charge < -0.3 is 5.32 Å². The van der Waals surface area contributed by atoms with E-state index in [4.69, 9.17) is 4.98 Å². The smallest absolute Gasteiger partial charge is 0.224 e. The maximum Gasteiger partial charge on any atom is 0.224 e. The number of anilines is 1. The summed E-state index contributed by atoms with van der Waals surface area (Å²) >= 11 is 1.64. The highest BCUT2D eigenvalue weighted by Crippen LogP contribution is 2.32. The first kappa shape index (κ1) is 16.3. The quantitative estimate of drug-likeness (QED) is 0.719. The Hall–Kier alpha value is -2.53. The molecule has 1 aromatic carbocycles. The lowest BCUT2D eigenvalue weighted by atomic mass is 10.1. The highest BCUT2D eigenvalue weighted by atomic mass is 32.1. The number of hydrogen-bond donors (Lipinski definition) is 1. The molecule has 2 heterocycles. The van der Waals surface area contributed by atoms with Crippen molar-refractivity contribution >= 4 is 22.9 Å². The number of thiazole rings is 1. The molecule has 1 N–H and O–H groups in total. The Morgan fingerprint density at radius 1 is 1.17 bits per heavy atom. The molecule has 0 bridgehead atoms. The van der Waals surface area contributed by atoms with Gasteiger partial charge in [0.25, 0.3) is 0 Å². The topological polar surface area (TPSA) is 54.9 Å². The molecule has 0 unspecified atom stereocenters. The normalized spacial score (nSPS) is 10.6. The van der Waals surface area contributed by atoms with Gasteiger partial charge in [-0.2, -0.15) is 0 Å². The van der Waals surface area contributed by atoms with Crippen LogP contribution in [0.1, 0.15) is 24.6 Å². The molecule has 0 radical (unpaired) electrons. The maximum absolute atomic E-state index is 11.7. The van der Waals surface area contributed by atoms with Crippen LogP contribution in [-0.4, -0.2) is 15.9 Å². The second kappa shape index (κ2) is 7.36. The number of amides is 1. The molecule has 0 aliphatic carbocycles. The number of aromatic nitrogens is 2. The standard InChI is InChI=1S/C19H19N3OS/c1-3-6-17(23)21-15-10-8-14(9-11-15)18-13(2)24-19(22-18)16-7-4-5-12-20-16/h4-5,7-12H,3,6H2,1-2H3,(H,21,23). The molecule has 0 aliphatic rings. The Morgan fingerprint density at radius 2 is 1.96 bits per heavy atom. The first-order valence-electron chi connectivity index (χ1n) is 7.96. The summed E-state index contributed by atoms with van der Waals surface area (Å²) < 4.78 is 0. The van der Waals surface area contributed by atoms with Crippen molar-refractivity contribution in [3.63, 3.8) is 0 Å². The van der Waals surface area contributed by atoms with Crippen molar-refractivity contribution in [3.8, 4) is 22.0 Å². The third-order valence-electron chi connectivity index (χ3n) is 3.60. The Bertz CT molecular complexity index is 826. The molecular formula is C19H19N3OS. The van der Waals surface area contributed by atoms with Crippen LogP contribution < -0.4 is 5.32 Å². The molecular weight excluding hydrogens is 318 g/mol. The van der Waals surface area contributed by atoms with Gasteiger partial charge in [0.05, 0.1) is 11.4 Å². The molecule has 2 aromatic heterocycles. The zero-order chi connectivity index (χ0) is 16.9. The average molecular weight is 337 g/mol. The van der Waals surface area contributed by atoms with Crippen molar-refractivity contribution in [2.75, 3.05) is 5.32 Å². The van der Waals surface area contributed by atoms with Crippen molar-refractivity contribution in [1.29, 1.82) is 0 Å². The Labute approximate surface area is 145 Å². The molecule has 1 amide bonds. The fraction of sp³-hybridized carbons (Fsp3) is 0.211. The molecule has 24 heavy (non-hydrogen) atoms. The van der Waals surface area contributed by atoms with Gasteiger partial charge >= 0.3 is 0 Å². The van der Waals surface area contributed by atoms with Crippen molar-refractivity contribution in [3.05, 3.63) is 53.5 Å². The molecule has 0 spiro atoms. The first-order valence-corrected chi connectivity index (χ1v) is 8.78. The molecule has 0 atom stereocenters. The fourth-order valence-corrected chi connectivity index (χ4v) is 3.34. The van der Waals surface area contributed by atoms with Crippen molar-refractivity contribution in [1.82, 2.24) is 9.97 Å². The van der Waals surface area contributed by atoms with E-state index in [-0.39, 0.29) is 5.91 Å². The monoisotopic (exact) mass is 337 g/mol. The molecule has 0 fully saturated rings. The third kappa shape index (κ3) is 3.68. The highest BCUT2D eigenvalue weighted by molar-refractivity contribution is 7.15. The van der Waals surface area contributed by atoms with Crippen molar-refractivity contribution in [2.24, 2.45) is 0 Å². The maximum atomic E-state index is 11.7. The molecule has 3 aromatic rings. The zero-order valence-electron chi connectivity index (χ0n) is 13.7. The van der Waals surface area contributed by atoms with Crippen LogP contribution in [0.25, 0.3) is 22.0 Å². The Balaban J connectivity index is 1.82. The summed E-state index contributed by atoms with van der Waals surface area (Å²) in [6.07, 6.45) is 3.16. The SMILES string of the molecule is CCCC(=O)Nc1ccc(-c2nc(-c3ccccn3)sc2C)cc1. The first-order chi connectivity index (χ1) is 11.7. The lowest BCUT2D eigenvalue weighted by Gasteiger charge is -2.05. The van der Waals surface area contributed by atoms with E-state index < -0.39 is 0 Å². The number of aryl methyl sites for hydroxylation is 1. The van der Waals surface area contributed by atoms with Crippen molar-refractivity contribution in [2.45, 2.75) is 26.7 Å². The van der Waals surface area contributed by atoms with Crippen LogP contribution in [0, 0.1) is 6.92 Å². The van der Waals surface area contributed by atoms with Gasteiger partial charge in [-0.25, -0.2) is 4.98 Å². The number of pyridine rings is 1. The number of carbonyl (C=O) groups excluding carboxylic acids is 1. The summed E-state index contributed by atoms with van der Waals surface area (Å²) in [5, 5.41) is 3.82. The minimum atomic E-state index is 0.0486. The molecule has 0 saturated carbocycles. The molecule has 0 aliphatic heterocycles. The average Bonchev–Trinajstić information content (AvgIpc) is 2.98. The lowest BCUT2D eigenvalue weighted by Crippen LogP contribution is -2.10. The van der Waals surface area contributed by atoms with Crippen LogP contribution in [0.4, 0.5) is 5.69 Å². The summed E-state index contributed by atoms with van der Waals surface area (Å²) in [7, 11) is 0. The lowest BCUT2D eigenvalue weighted by molar-refractivity contribution is -0.116. The summed E-state index contributed by atoms with van der Waals surface area (Å²) in [6, 6.07) is 13.7. The van der Waals surface area contributed by atoms with Crippen LogP contribution in [0.2, 0.25) is 0 Å². The largest absolute Gasteiger partial charge is 0.326 e. The van der Waals surface area contributed by atoms with E-state index in [2.05, 4.69) is 17.2 Å². The van der Waals surface area contributed by atoms with E-state index >= 15 is 0 Å². The number of carbonyl (C=O) groups is 1. The van der Waals surface area contributed by atoms with Gasteiger partial charge in [0.1, 0.15) is 5.01 Å².